The molecule has 0 spiro atoms. The number of carbonyl (C=O) groups excluding carboxylic acids is 1. The third-order valence-electron chi connectivity index (χ3n) is 4.58. The number of hydrogen-bond acceptors (Lipinski definition) is 6. The molecule has 138 valence electrons. The van der Waals surface area contributed by atoms with Crippen LogP contribution in [-0.4, -0.2) is 38.6 Å². The number of aromatic nitrogens is 2. The smallest absolute Gasteiger partial charge is 0.335 e. The van der Waals surface area contributed by atoms with Crippen LogP contribution >= 0.6 is 11.3 Å². The summed E-state index contributed by atoms with van der Waals surface area (Å²) in [7, 11) is 0. The van der Waals surface area contributed by atoms with Crippen molar-refractivity contribution in [2.24, 2.45) is 0 Å². The van der Waals surface area contributed by atoms with Crippen molar-refractivity contribution in [3.05, 3.63) is 58.3 Å². The predicted molar refractivity (Wildman–Crippen MR) is 98.5 cm³/mol. The van der Waals surface area contributed by atoms with Crippen molar-refractivity contribution < 1.29 is 19.2 Å². The predicted octanol–water partition coefficient (Wildman–Crippen LogP) is 3.01. The highest BCUT2D eigenvalue weighted by Crippen LogP contribution is 2.23. The summed E-state index contributed by atoms with van der Waals surface area (Å²) in [4.78, 5) is 30.7. The molecule has 0 aliphatic carbocycles. The summed E-state index contributed by atoms with van der Waals surface area (Å²) in [6, 6.07) is 8.94. The summed E-state index contributed by atoms with van der Waals surface area (Å²) in [6.07, 6.45) is 1.39. The van der Waals surface area contributed by atoms with Gasteiger partial charge in [-0.3, -0.25) is 4.79 Å². The number of benzene rings is 1. The van der Waals surface area contributed by atoms with Crippen molar-refractivity contribution in [1.29, 1.82) is 0 Å². The molecule has 0 saturated carbocycles. The van der Waals surface area contributed by atoms with E-state index >= 15 is 0 Å². The summed E-state index contributed by atoms with van der Waals surface area (Å²) in [5.74, 6) is 0.0225. The standard InChI is InChI=1S/C19H17N3O4S/c23-17(6-5-16-20-18(21-26-16)15-2-1-9-27-15)22-8-7-12-3-4-13(19(24)25)10-14(12)11-22/h1-4,9-10H,5-8,11H2,(H,24,25). The molecule has 1 N–H and O–H groups in total. The first-order valence-electron chi connectivity index (χ1n) is 8.59. The van der Waals surface area contributed by atoms with Gasteiger partial charge in [-0.15, -0.1) is 11.3 Å². The van der Waals surface area contributed by atoms with E-state index in [0.717, 1.165) is 22.4 Å². The molecular formula is C19H17N3O4S. The van der Waals surface area contributed by atoms with Crippen LogP contribution in [0, 0.1) is 0 Å². The quantitative estimate of drug-likeness (QED) is 0.727. The molecule has 0 fully saturated rings. The van der Waals surface area contributed by atoms with Crippen LogP contribution in [0.25, 0.3) is 10.7 Å². The molecule has 1 aromatic carbocycles. The molecule has 1 aliphatic heterocycles. The average Bonchev–Trinajstić information content (AvgIpc) is 3.36. The molecule has 27 heavy (non-hydrogen) atoms. The van der Waals surface area contributed by atoms with Gasteiger partial charge in [0, 0.05) is 25.9 Å². The number of aromatic carboxylic acids is 1. The van der Waals surface area contributed by atoms with Crippen LogP contribution in [0.15, 0.2) is 40.2 Å². The third kappa shape index (κ3) is 3.75. The van der Waals surface area contributed by atoms with Gasteiger partial charge in [-0.2, -0.15) is 4.98 Å². The minimum atomic E-state index is -0.959. The number of thiophene rings is 1. The Morgan fingerprint density at radius 1 is 1.26 bits per heavy atom. The van der Waals surface area contributed by atoms with Crippen LogP contribution in [0.3, 0.4) is 0 Å². The lowest BCUT2D eigenvalue weighted by atomic mass is 9.97. The van der Waals surface area contributed by atoms with E-state index in [1.54, 1.807) is 17.0 Å². The fourth-order valence-corrected chi connectivity index (χ4v) is 3.79. The lowest BCUT2D eigenvalue weighted by Crippen LogP contribution is -2.36. The number of amides is 1. The summed E-state index contributed by atoms with van der Waals surface area (Å²) in [5, 5.41) is 15.0. The van der Waals surface area contributed by atoms with Gasteiger partial charge in [0.1, 0.15) is 0 Å². The molecule has 0 radical (unpaired) electrons. The zero-order valence-corrected chi connectivity index (χ0v) is 15.2. The summed E-state index contributed by atoms with van der Waals surface area (Å²) >= 11 is 1.53. The zero-order valence-electron chi connectivity index (χ0n) is 14.4. The maximum absolute atomic E-state index is 12.6. The number of fused-ring (bicyclic) bond motifs is 1. The SMILES string of the molecule is O=C(O)c1ccc2c(c1)CN(C(=O)CCc1nc(-c3cccs3)no1)CC2. The highest BCUT2D eigenvalue weighted by atomic mass is 32.1. The highest BCUT2D eigenvalue weighted by molar-refractivity contribution is 7.13. The van der Waals surface area contributed by atoms with Gasteiger partial charge in [-0.05, 0) is 41.1 Å². The van der Waals surface area contributed by atoms with Gasteiger partial charge >= 0.3 is 5.97 Å². The molecule has 1 amide bonds. The Labute approximate surface area is 159 Å². The molecule has 0 saturated heterocycles. The fraction of sp³-hybridized carbons (Fsp3) is 0.263. The first kappa shape index (κ1) is 17.4. The second kappa shape index (κ2) is 7.32. The number of hydrogen-bond donors (Lipinski definition) is 1. The van der Waals surface area contributed by atoms with Gasteiger partial charge in [0.05, 0.1) is 10.4 Å². The molecule has 4 rings (SSSR count). The Balaban J connectivity index is 1.38. The van der Waals surface area contributed by atoms with Gasteiger partial charge in [0.25, 0.3) is 0 Å². The van der Waals surface area contributed by atoms with Gasteiger partial charge in [-0.25, -0.2) is 4.79 Å². The van der Waals surface area contributed by atoms with E-state index in [4.69, 9.17) is 9.63 Å². The van der Waals surface area contributed by atoms with Crippen LogP contribution in [0.5, 0.6) is 0 Å². The Morgan fingerprint density at radius 3 is 2.93 bits per heavy atom. The normalized spacial score (nSPS) is 13.4. The number of aryl methyl sites for hydroxylation is 1. The van der Waals surface area contributed by atoms with E-state index in [0.29, 0.717) is 31.2 Å². The summed E-state index contributed by atoms with van der Waals surface area (Å²) < 4.78 is 5.23. The molecule has 7 nitrogen and oxygen atoms in total. The molecule has 8 heteroatoms. The molecule has 0 atom stereocenters. The Kier molecular flexibility index (Phi) is 4.72. The van der Waals surface area contributed by atoms with Gasteiger partial charge < -0.3 is 14.5 Å². The van der Waals surface area contributed by atoms with E-state index in [9.17, 15) is 9.59 Å². The van der Waals surface area contributed by atoms with Crippen molar-refractivity contribution >= 4 is 23.2 Å². The Bertz CT molecular complexity index is 981. The van der Waals surface area contributed by atoms with Crippen LogP contribution in [0.2, 0.25) is 0 Å². The minimum absolute atomic E-state index is 0.00254. The maximum atomic E-state index is 12.6. The number of carboxylic acids is 1. The second-order valence-electron chi connectivity index (χ2n) is 6.34. The second-order valence-corrected chi connectivity index (χ2v) is 7.29. The lowest BCUT2D eigenvalue weighted by molar-refractivity contribution is -0.132. The summed E-state index contributed by atoms with van der Waals surface area (Å²) in [6.45, 7) is 1.06. The number of nitrogens with zero attached hydrogens (tertiary/aromatic N) is 3. The number of carboxylic acid groups (broad SMARTS) is 1. The molecule has 1 aliphatic rings. The molecule has 0 bridgehead atoms. The maximum Gasteiger partial charge on any atom is 0.335 e. The first-order chi connectivity index (χ1) is 13.1. The third-order valence-corrected chi connectivity index (χ3v) is 5.45. The van der Waals surface area contributed by atoms with E-state index in [1.165, 1.54) is 11.3 Å². The topological polar surface area (TPSA) is 96.5 Å². The number of rotatable bonds is 5. The van der Waals surface area contributed by atoms with Crippen molar-refractivity contribution in [2.45, 2.75) is 25.8 Å². The van der Waals surface area contributed by atoms with Crippen molar-refractivity contribution in [3.8, 4) is 10.7 Å². The zero-order chi connectivity index (χ0) is 18.8. The van der Waals surface area contributed by atoms with Crippen molar-refractivity contribution in [2.75, 3.05) is 6.54 Å². The van der Waals surface area contributed by atoms with Gasteiger partial charge in [-0.1, -0.05) is 17.3 Å². The fourth-order valence-electron chi connectivity index (χ4n) is 3.14. The lowest BCUT2D eigenvalue weighted by Gasteiger charge is -2.29. The van der Waals surface area contributed by atoms with Crippen LogP contribution in [0.1, 0.15) is 33.8 Å². The van der Waals surface area contributed by atoms with E-state index in [1.807, 2.05) is 23.6 Å². The van der Waals surface area contributed by atoms with Crippen LogP contribution in [-0.2, 0) is 24.2 Å². The van der Waals surface area contributed by atoms with Gasteiger partial charge in [0.2, 0.25) is 17.6 Å². The Morgan fingerprint density at radius 2 is 2.15 bits per heavy atom. The highest BCUT2D eigenvalue weighted by Gasteiger charge is 2.22. The van der Waals surface area contributed by atoms with Crippen molar-refractivity contribution in [1.82, 2.24) is 15.0 Å². The van der Waals surface area contributed by atoms with E-state index < -0.39 is 5.97 Å². The molecule has 3 heterocycles. The monoisotopic (exact) mass is 383 g/mol. The van der Waals surface area contributed by atoms with Crippen LogP contribution in [0.4, 0.5) is 0 Å². The molecule has 2 aromatic heterocycles. The molecule has 0 unspecified atom stereocenters. The Hall–Kier alpha value is -3.00. The van der Waals surface area contributed by atoms with Crippen LogP contribution < -0.4 is 0 Å². The summed E-state index contributed by atoms with van der Waals surface area (Å²) in [5.41, 5.74) is 2.24. The largest absolute Gasteiger partial charge is 0.478 e. The molecule has 3 aromatic rings. The average molecular weight is 383 g/mol. The van der Waals surface area contributed by atoms with Crippen molar-refractivity contribution in [3.63, 3.8) is 0 Å². The number of carbonyl (C=O) groups is 2. The van der Waals surface area contributed by atoms with E-state index in [2.05, 4.69) is 10.1 Å². The minimum Gasteiger partial charge on any atom is -0.478 e. The first-order valence-corrected chi connectivity index (χ1v) is 9.47. The molecular weight excluding hydrogens is 366 g/mol. The van der Waals surface area contributed by atoms with Gasteiger partial charge in [0.15, 0.2) is 0 Å². The van der Waals surface area contributed by atoms with E-state index in [-0.39, 0.29) is 17.9 Å².